The topological polar surface area (TPSA) is 28.4 Å². The number of rotatable bonds is 5. The standard InChI is InChI=1S/C14H24N2O/c1-12(2)3-4-14(13-5-10-17-11-13)16-8-6-15-7-9-16/h5,10-12,14-15H,3-4,6-9H2,1-2H3/t14-/m0/s1. The van der Waals surface area contributed by atoms with Crippen molar-refractivity contribution in [3.63, 3.8) is 0 Å². The van der Waals surface area contributed by atoms with Gasteiger partial charge in [-0.05, 0) is 24.8 Å². The summed E-state index contributed by atoms with van der Waals surface area (Å²) in [4.78, 5) is 2.59. The van der Waals surface area contributed by atoms with Crippen LogP contribution >= 0.6 is 0 Å². The van der Waals surface area contributed by atoms with Crippen molar-refractivity contribution in [3.05, 3.63) is 24.2 Å². The van der Waals surface area contributed by atoms with Gasteiger partial charge >= 0.3 is 0 Å². The quantitative estimate of drug-likeness (QED) is 0.852. The maximum Gasteiger partial charge on any atom is 0.0950 e. The van der Waals surface area contributed by atoms with Crippen LogP contribution in [0.1, 0.15) is 38.3 Å². The van der Waals surface area contributed by atoms with E-state index < -0.39 is 0 Å². The number of piperazine rings is 1. The smallest absolute Gasteiger partial charge is 0.0950 e. The summed E-state index contributed by atoms with van der Waals surface area (Å²) in [5.41, 5.74) is 1.34. The predicted octanol–water partition coefficient (Wildman–Crippen LogP) is 2.66. The summed E-state index contributed by atoms with van der Waals surface area (Å²) >= 11 is 0. The first-order valence-corrected chi connectivity index (χ1v) is 6.74. The fraction of sp³-hybridized carbons (Fsp3) is 0.714. The molecule has 0 saturated carbocycles. The normalized spacial score (nSPS) is 19.7. The molecule has 0 aliphatic carbocycles. The maximum absolute atomic E-state index is 5.25. The molecule has 0 amide bonds. The minimum absolute atomic E-state index is 0.540. The second-order valence-corrected chi connectivity index (χ2v) is 5.33. The first kappa shape index (κ1) is 12.7. The lowest BCUT2D eigenvalue weighted by atomic mass is 9.97. The van der Waals surface area contributed by atoms with E-state index in [1.54, 1.807) is 6.26 Å². The fourth-order valence-electron chi connectivity index (χ4n) is 2.51. The third-order valence-electron chi connectivity index (χ3n) is 3.54. The van der Waals surface area contributed by atoms with Crippen LogP contribution in [0.15, 0.2) is 23.0 Å². The zero-order valence-electron chi connectivity index (χ0n) is 11.0. The summed E-state index contributed by atoms with van der Waals surface area (Å²) in [6.45, 7) is 9.10. The summed E-state index contributed by atoms with van der Waals surface area (Å²) in [6, 6.07) is 2.66. The van der Waals surface area contributed by atoms with E-state index in [1.807, 2.05) is 6.26 Å². The minimum Gasteiger partial charge on any atom is -0.472 e. The highest BCUT2D eigenvalue weighted by molar-refractivity contribution is 5.12. The van der Waals surface area contributed by atoms with Crippen molar-refractivity contribution in [3.8, 4) is 0 Å². The largest absolute Gasteiger partial charge is 0.472 e. The molecule has 1 saturated heterocycles. The van der Waals surface area contributed by atoms with Crippen LogP contribution < -0.4 is 5.32 Å². The Morgan fingerprint density at radius 1 is 1.29 bits per heavy atom. The highest BCUT2D eigenvalue weighted by atomic mass is 16.3. The van der Waals surface area contributed by atoms with E-state index in [2.05, 4.69) is 30.1 Å². The van der Waals surface area contributed by atoms with Crippen LogP contribution in [-0.2, 0) is 0 Å². The average Bonchev–Trinajstić information content (AvgIpc) is 2.84. The van der Waals surface area contributed by atoms with Crippen molar-refractivity contribution in [2.75, 3.05) is 26.2 Å². The van der Waals surface area contributed by atoms with Gasteiger partial charge in [0.1, 0.15) is 0 Å². The van der Waals surface area contributed by atoms with Crippen LogP contribution in [0, 0.1) is 5.92 Å². The summed E-state index contributed by atoms with van der Waals surface area (Å²) < 4.78 is 5.25. The molecule has 2 heterocycles. The Morgan fingerprint density at radius 2 is 2.06 bits per heavy atom. The van der Waals surface area contributed by atoms with Gasteiger partial charge in [0.15, 0.2) is 0 Å². The van der Waals surface area contributed by atoms with Crippen molar-refractivity contribution in [2.24, 2.45) is 5.92 Å². The van der Waals surface area contributed by atoms with E-state index in [0.717, 1.165) is 32.1 Å². The van der Waals surface area contributed by atoms with E-state index >= 15 is 0 Å². The van der Waals surface area contributed by atoms with Crippen LogP contribution in [0.25, 0.3) is 0 Å². The first-order valence-electron chi connectivity index (χ1n) is 6.74. The third-order valence-corrected chi connectivity index (χ3v) is 3.54. The second-order valence-electron chi connectivity index (χ2n) is 5.33. The van der Waals surface area contributed by atoms with Gasteiger partial charge in [0.25, 0.3) is 0 Å². The number of nitrogens with one attached hydrogen (secondary N) is 1. The van der Waals surface area contributed by atoms with Crippen molar-refractivity contribution in [1.29, 1.82) is 0 Å². The van der Waals surface area contributed by atoms with E-state index in [4.69, 9.17) is 4.42 Å². The molecule has 1 aliphatic rings. The monoisotopic (exact) mass is 236 g/mol. The minimum atomic E-state index is 0.540. The molecule has 2 rings (SSSR count). The van der Waals surface area contributed by atoms with Crippen molar-refractivity contribution < 1.29 is 4.42 Å². The average molecular weight is 236 g/mol. The molecular formula is C14H24N2O. The molecule has 1 aliphatic heterocycles. The highest BCUT2D eigenvalue weighted by Gasteiger charge is 2.22. The molecule has 0 spiro atoms. The summed E-state index contributed by atoms with van der Waals surface area (Å²) in [5, 5.41) is 3.41. The van der Waals surface area contributed by atoms with Crippen LogP contribution in [-0.4, -0.2) is 31.1 Å². The molecule has 0 radical (unpaired) electrons. The van der Waals surface area contributed by atoms with Gasteiger partial charge in [0.05, 0.1) is 12.5 Å². The fourth-order valence-corrected chi connectivity index (χ4v) is 2.51. The lowest BCUT2D eigenvalue weighted by Gasteiger charge is -2.34. The van der Waals surface area contributed by atoms with Crippen molar-refractivity contribution >= 4 is 0 Å². The molecule has 3 nitrogen and oxygen atoms in total. The number of furan rings is 1. The van der Waals surface area contributed by atoms with Gasteiger partial charge in [-0.3, -0.25) is 4.90 Å². The van der Waals surface area contributed by atoms with Gasteiger partial charge in [0.2, 0.25) is 0 Å². The van der Waals surface area contributed by atoms with Gasteiger partial charge in [-0.25, -0.2) is 0 Å². The highest BCUT2D eigenvalue weighted by Crippen LogP contribution is 2.27. The van der Waals surface area contributed by atoms with Crippen LogP contribution in [0.5, 0.6) is 0 Å². The molecule has 0 aromatic carbocycles. The SMILES string of the molecule is CC(C)CC[C@@H](c1ccoc1)N1CCNCC1. The second kappa shape index (κ2) is 6.22. The Morgan fingerprint density at radius 3 is 2.65 bits per heavy atom. The van der Waals surface area contributed by atoms with Crippen molar-refractivity contribution in [2.45, 2.75) is 32.7 Å². The summed E-state index contributed by atoms with van der Waals surface area (Å²) in [6.07, 6.45) is 6.21. The Hall–Kier alpha value is -0.800. The van der Waals surface area contributed by atoms with E-state index in [1.165, 1.54) is 18.4 Å². The molecule has 1 N–H and O–H groups in total. The Kier molecular flexibility index (Phi) is 4.63. The molecule has 0 bridgehead atoms. The van der Waals surface area contributed by atoms with E-state index in [-0.39, 0.29) is 0 Å². The number of hydrogen-bond donors (Lipinski definition) is 1. The zero-order chi connectivity index (χ0) is 12.1. The maximum atomic E-state index is 5.25. The molecule has 3 heteroatoms. The Labute approximate surface area is 104 Å². The third kappa shape index (κ3) is 3.58. The molecule has 0 unspecified atom stereocenters. The molecular weight excluding hydrogens is 212 g/mol. The molecule has 1 fully saturated rings. The van der Waals surface area contributed by atoms with Gasteiger partial charge in [0, 0.05) is 37.8 Å². The van der Waals surface area contributed by atoms with Crippen LogP contribution in [0.4, 0.5) is 0 Å². The van der Waals surface area contributed by atoms with Crippen molar-refractivity contribution in [1.82, 2.24) is 10.2 Å². The lowest BCUT2D eigenvalue weighted by molar-refractivity contribution is 0.159. The first-order chi connectivity index (χ1) is 8.27. The molecule has 96 valence electrons. The van der Waals surface area contributed by atoms with Crippen LogP contribution in [0.2, 0.25) is 0 Å². The Balaban J connectivity index is 2.01. The lowest BCUT2D eigenvalue weighted by Crippen LogP contribution is -2.45. The zero-order valence-corrected chi connectivity index (χ0v) is 11.0. The molecule has 1 aromatic heterocycles. The van der Waals surface area contributed by atoms with E-state index in [9.17, 15) is 0 Å². The van der Waals surface area contributed by atoms with Gasteiger partial charge in [-0.15, -0.1) is 0 Å². The molecule has 1 aromatic rings. The summed E-state index contributed by atoms with van der Waals surface area (Å²) in [7, 11) is 0. The van der Waals surface area contributed by atoms with Gasteiger partial charge in [-0.1, -0.05) is 13.8 Å². The van der Waals surface area contributed by atoms with Gasteiger partial charge < -0.3 is 9.73 Å². The Bertz CT molecular complexity index is 302. The summed E-state index contributed by atoms with van der Waals surface area (Å²) in [5.74, 6) is 0.771. The number of nitrogens with zero attached hydrogens (tertiary/aromatic N) is 1. The molecule has 1 atom stereocenters. The van der Waals surface area contributed by atoms with Gasteiger partial charge in [-0.2, -0.15) is 0 Å². The van der Waals surface area contributed by atoms with E-state index in [0.29, 0.717) is 6.04 Å². The number of hydrogen-bond acceptors (Lipinski definition) is 3. The molecule has 17 heavy (non-hydrogen) atoms. The van der Waals surface area contributed by atoms with Crippen LogP contribution in [0.3, 0.4) is 0 Å². The predicted molar refractivity (Wildman–Crippen MR) is 70.0 cm³/mol.